The van der Waals surface area contributed by atoms with E-state index in [4.69, 9.17) is 0 Å². The largest absolute Gasteiger partial charge is 1.00 e. The second-order valence-electron chi connectivity index (χ2n) is 6.56. The Kier molecular flexibility index (Phi) is 4.18. The molecule has 3 saturated carbocycles. The van der Waals surface area contributed by atoms with Crippen molar-refractivity contribution in [2.75, 3.05) is 18.0 Å². The molecule has 2 bridgehead atoms. The van der Waals surface area contributed by atoms with Gasteiger partial charge in [0.15, 0.2) is 0 Å². The molecule has 1 aromatic heterocycles. The van der Waals surface area contributed by atoms with Crippen LogP contribution in [0.4, 0.5) is 18.9 Å². The van der Waals surface area contributed by atoms with Gasteiger partial charge in [-0.05, 0) is 19.3 Å². The third kappa shape index (κ3) is 2.77. The van der Waals surface area contributed by atoms with E-state index >= 15 is 0 Å². The van der Waals surface area contributed by atoms with Crippen LogP contribution in [0, 0.1) is 5.41 Å². The summed E-state index contributed by atoms with van der Waals surface area (Å²) in [5.74, 6) is -1.00. The maximum Gasteiger partial charge on any atom is 1.00 e. The van der Waals surface area contributed by atoms with Crippen LogP contribution >= 0.6 is 0 Å². The van der Waals surface area contributed by atoms with Crippen LogP contribution < -0.4 is 61.4 Å². The Bertz CT molecular complexity index is 622. The van der Waals surface area contributed by atoms with E-state index in [0.29, 0.717) is 19.3 Å². The fourth-order valence-electron chi connectivity index (χ4n) is 3.84. The van der Waals surface area contributed by atoms with Gasteiger partial charge in [-0.3, -0.25) is 9.42 Å². The minimum Gasteiger partial charge on any atom is -0.550 e. The molecule has 0 amide bonds. The third-order valence-electron chi connectivity index (χ3n) is 5.00. The first-order chi connectivity index (χ1) is 10.2. The topological polar surface area (TPSA) is 70.4 Å². The van der Waals surface area contributed by atoms with Gasteiger partial charge in [-0.2, -0.15) is 5.10 Å². The summed E-state index contributed by atoms with van der Waals surface area (Å²) in [4.78, 5) is 12.7. The summed E-state index contributed by atoms with van der Waals surface area (Å²) >= 11 is 0. The molecule has 23 heavy (non-hydrogen) atoms. The minimum atomic E-state index is -4.61. The summed E-state index contributed by atoms with van der Waals surface area (Å²) in [5, 5.41) is 15.2. The number of carboxylic acids is 1. The summed E-state index contributed by atoms with van der Waals surface area (Å²) in [6.07, 6.45) is -0.542. The van der Waals surface area contributed by atoms with E-state index < -0.39 is 23.9 Å². The molecular formula is C13H13F3KN3O3. The molecular weight excluding hydrogens is 342 g/mol. The number of carboxylic acid groups (broad SMARTS) is 1. The van der Waals surface area contributed by atoms with E-state index in [1.165, 1.54) is 0 Å². The predicted molar refractivity (Wildman–Crippen MR) is 64.6 cm³/mol. The van der Waals surface area contributed by atoms with E-state index in [9.17, 15) is 23.1 Å². The van der Waals surface area contributed by atoms with E-state index in [2.05, 4.69) is 9.84 Å². The second kappa shape index (κ2) is 5.43. The number of carbonyl (C=O) groups excluding carboxylic acids is 1. The Labute approximate surface area is 172 Å². The summed E-state index contributed by atoms with van der Waals surface area (Å²) in [5.41, 5.74) is -0.200. The molecule has 2 heterocycles. The molecule has 0 spiro atoms. The molecule has 0 N–H and O–H groups in total. The van der Waals surface area contributed by atoms with Crippen LogP contribution in [-0.2, 0) is 15.1 Å². The van der Waals surface area contributed by atoms with Gasteiger partial charge in [0.2, 0.25) is 0 Å². The molecule has 4 aliphatic rings. The van der Waals surface area contributed by atoms with Gasteiger partial charge in [-0.25, -0.2) is 0 Å². The van der Waals surface area contributed by atoms with Gasteiger partial charge in [0.25, 0.3) is 0 Å². The Morgan fingerprint density at radius 2 is 1.96 bits per heavy atom. The van der Waals surface area contributed by atoms with Crippen molar-refractivity contribution in [1.29, 1.82) is 0 Å². The smallest absolute Gasteiger partial charge is 0.550 e. The number of hydrogen-bond donors (Lipinski definition) is 0. The van der Waals surface area contributed by atoms with Crippen LogP contribution in [0.3, 0.4) is 0 Å². The molecule has 1 saturated heterocycles. The fourth-order valence-corrected chi connectivity index (χ4v) is 3.84. The van der Waals surface area contributed by atoms with Gasteiger partial charge in [-0.1, -0.05) is 0 Å². The molecule has 1 aromatic rings. The Morgan fingerprint density at radius 3 is 2.48 bits per heavy atom. The van der Waals surface area contributed by atoms with Gasteiger partial charge in [0, 0.05) is 30.7 Å². The number of anilines is 1. The van der Waals surface area contributed by atoms with Crippen LogP contribution in [-0.4, -0.2) is 41.3 Å². The number of aliphatic carboxylic acids is 1. The number of aromatic nitrogens is 2. The summed E-state index contributed by atoms with van der Waals surface area (Å²) < 4.78 is 41.9. The molecule has 0 atom stereocenters. The SMILES string of the molecule is O=C([O-])C12CC(n3cc(N4CC(OC(F)(F)F)C4)cn3)(C1)C2.[K+]. The third-order valence-corrected chi connectivity index (χ3v) is 5.00. The monoisotopic (exact) mass is 355 g/mol. The molecule has 0 aromatic carbocycles. The van der Waals surface area contributed by atoms with Crippen molar-refractivity contribution in [2.24, 2.45) is 5.41 Å². The maximum atomic E-state index is 12.1. The van der Waals surface area contributed by atoms with Crippen LogP contribution in [0.1, 0.15) is 19.3 Å². The molecule has 1 aliphatic heterocycles. The van der Waals surface area contributed by atoms with Crippen LogP contribution in [0.2, 0.25) is 0 Å². The zero-order valence-corrected chi connectivity index (χ0v) is 15.6. The first-order valence-electron chi connectivity index (χ1n) is 6.98. The van der Waals surface area contributed by atoms with Gasteiger partial charge >= 0.3 is 57.7 Å². The normalized spacial score (nSPS) is 32.4. The fraction of sp³-hybridized carbons (Fsp3) is 0.692. The Morgan fingerprint density at radius 1 is 1.35 bits per heavy atom. The van der Waals surface area contributed by atoms with Gasteiger partial charge < -0.3 is 14.8 Å². The molecule has 0 radical (unpaired) electrons. The first-order valence-corrected chi connectivity index (χ1v) is 6.98. The number of nitrogens with zero attached hydrogens (tertiary/aromatic N) is 3. The molecule has 4 fully saturated rings. The van der Waals surface area contributed by atoms with Gasteiger partial charge in [0.1, 0.15) is 6.10 Å². The average Bonchev–Trinajstić information content (AvgIpc) is 2.66. The number of alkyl halides is 3. The minimum absolute atomic E-state index is 0. The van der Waals surface area contributed by atoms with Crippen molar-refractivity contribution in [1.82, 2.24) is 9.78 Å². The average molecular weight is 355 g/mol. The Balaban J connectivity index is 0.00000156. The van der Waals surface area contributed by atoms with Gasteiger partial charge in [0.05, 0.1) is 17.4 Å². The maximum absolute atomic E-state index is 12.1. The van der Waals surface area contributed by atoms with Crippen LogP contribution in [0.5, 0.6) is 0 Å². The Hall–Kier alpha value is -0.134. The summed E-state index contributed by atoms with van der Waals surface area (Å²) in [7, 11) is 0. The van der Waals surface area contributed by atoms with E-state index in [0.717, 1.165) is 5.69 Å². The van der Waals surface area contributed by atoms with Crippen molar-refractivity contribution in [2.45, 2.75) is 37.3 Å². The molecule has 120 valence electrons. The molecule has 5 rings (SSSR count). The summed E-state index contributed by atoms with van der Waals surface area (Å²) in [6.45, 7) is 0.336. The number of rotatable bonds is 4. The second-order valence-corrected chi connectivity index (χ2v) is 6.56. The number of carbonyl (C=O) groups is 1. The zero-order valence-electron chi connectivity index (χ0n) is 12.5. The van der Waals surface area contributed by atoms with Crippen molar-refractivity contribution in [3.8, 4) is 0 Å². The van der Waals surface area contributed by atoms with E-state index in [1.54, 1.807) is 22.0 Å². The molecule has 6 nitrogen and oxygen atoms in total. The van der Waals surface area contributed by atoms with Crippen molar-refractivity contribution in [3.63, 3.8) is 0 Å². The molecule has 3 aliphatic carbocycles. The number of halogens is 3. The molecule has 0 unspecified atom stereocenters. The summed E-state index contributed by atoms with van der Waals surface area (Å²) in [6, 6.07) is 0. The van der Waals surface area contributed by atoms with E-state index in [1.807, 2.05) is 0 Å². The van der Waals surface area contributed by atoms with Crippen LogP contribution in [0.25, 0.3) is 0 Å². The van der Waals surface area contributed by atoms with Gasteiger partial charge in [-0.15, -0.1) is 13.2 Å². The molecule has 10 heteroatoms. The first kappa shape index (κ1) is 17.7. The quantitative estimate of drug-likeness (QED) is 0.548. The van der Waals surface area contributed by atoms with Crippen molar-refractivity contribution < 1.29 is 79.2 Å². The van der Waals surface area contributed by atoms with Crippen LogP contribution in [0.15, 0.2) is 12.4 Å². The van der Waals surface area contributed by atoms with Crippen molar-refractivity contribution >= 4 is 11.7 Å². The standard InChI is InChI=1S/C13H14F3N3O3.K/c14-13(15,16)22-9-3-18(4-9)8-1-17-19(2-8)12-5-11(6-12,7-12)10(20)21;/h1-2,9H,3-7H2,(H,20,21);/q;+1/p-1. The van der Waals surface area contributed by atoms with Crippen molar-refractivity contribution in [3.05, 3.63) is 12.4 Å². The number of hydrogen-bond acceptors (Lipinski definition) is 5. The van der Waals surface area contributed by atoms with E-state index in [-0.39, 0.29) is 70.0 Å². The zero-order chi connectivity index (χ0) is 15.8. The number of ether oxygens (including phenoxy) is 1. The predicted octanol–water partition coefficient (Wildman–Crippen LogP) is -2.76.